The van der Waals surface area contributed by atoms with Crippen molar-refractivity contribution in [1.82, 2.24) is 9.80 Å². The number of thiophene rings is 1. The van der Waals surface area contributed by atoms with Crippen molar-refractivity contribution in [3.63, 3.8) is 0 Å². The number of rotatable bonds is 2. The molecule has 0 saturated carbocycles. The van der Waals surface area contributed by atoms with Crippen molar-refractivity contribution >= 4 is 28.5 Å². The van der Waals surface area contributed by atoms with Crippen LogP contribution in [-0.4, -0.2) is 41.0 Å². The molecular formula is C23H178N4S. The topological polar surface area (TPSA) is 30.9 Å². The van der Waals surface area contributed by atoms with Crippen LogP contribution in [-0.2, 0) is 0 Å². The second-order valence-electron chi connectivity index (χ2n) is 8.61. The zero-order valence-electron chi connectivity index (χ0n) is 35.1. The van der Waals surface area contributed by atoms with Crippen LogP contribution in [0.3, 0.4) is 0 Å². The first kappa shape index (κ1) is 11.4. The lowest BCUT2D eigenvalue weighted by molar-refractivity contribution is 0.0129. The maximum atomic E-state index is 8.80. The van der Waals surface area contributed by atoms with Gasteiger partial charge in [-0.1, -0.05) is 6.92 Å². The third-order valence-corrected chi connectivity index (χ3v) is 7.54. The lowest BCUT2D eigenvalue weighted by Gasteiger charge is -2.53. The molecule has 0 spiro atoms. The second-order valence-corrected chi connectivity index (χ2v) is 9.82. The van der Waals surface area contributed by atoms with Gasteiger partial charge in [0.05, 0.1) is 23.5 Å². The first-order valence-electron chi connectivity index (χ1n) is 18.7. The second kappa shape index (κ2) is 6.89. The molecule has 4 nitrogen and oxygen atoms in total. The van der Waals surface area contributed by atoms with Crippen molar-refractivity contribution in [2.24, 2.45) is 4.99 Å². The van der Waals surface area contributed by atoms with E-state index >= 15 is 0 Å². The fourth-order valence-corrected chi connectivity index (χ4v) is 5.24. The molecule has 0 aliphatic carbocycles. The molecule has 2 aromatic rings. The SMILES string of the molecule is [2H][2H].[2H][2H].[2H][2H].[2H][2H].[2H][2H].[2H][2H].[2H][2H].[2H][2H].[2H]c1c(C)sc2c1=C(N1CCN(CC)C(C)C1(C)C)Nc1cc(C)c(C)cc1N=2.[HH].[HH].[HH].[HH].[HH].[HH].[HH].[HH].[HH].[HH].[HH].[HH].[HH].[HH].[HH].[HH].[HH].[HH].[HH].[HH].[HH].[HH].[HH].[HH].[HH].[HH].[HH].[HH].[HH].[HH].[HH].[HH].[HH].[HH].[HH].[HH].[HH].[HH].[HH].[HH].[HH].[HH].[HH].[HH].[HH].[HH].[HH].[HH].[HH].[HH].[HH].[HH].[HH].[HH].[HH].[HH].[HH].[HH].[HH].[HH].[HH].[HH].[HH].[HH].[HH]. The summed E-state index contributed by atoms with van der Waals surface area (Å²) in [6.07, 6.45) is 0. The number of piperazine rings is 1. The predicted molar refractivity (Wildman–Crippen MR) is 274 cm³/mol. The van der Waals surface area contributed by atoms with Crippen LogP contribution in [0.1, 0.15) is 162 Å². The van der Waals surface area contributed by atoms with Gasteiger partial charge in [-0.05, 0) is 77.4 Å². The number of hydrogen-bond donors (Lipinski definition) is 1. The first-order chi connectivity index (χ1) is 21.6. The molecule has 0 amide bonds. The molecule has 3 heterocycles. The van der Waals surface area contributed by atoms with Gasteiger partial charge in [0.15, 0.2) is 0 Å². The van der Waals surface area contributed by atoms with E-state index in [1.807, 2.05) is 6.92 Å². The van der Waals surface area contributed by atoms with Gasteiger partial charge in [0, 0.05) is 140 Å². The van der Waals surface area contributed by atoms with E-state index in [1.165, 1.54) is 11.1 Å². The molecule has 1 aromatic heterocycles. The van der Waals surface area contributed by atoms with Crippen molar-refractivity contribution in [2.75, 3.05) is 25.0 Å². The average Bonchev–Trinajstić information content (AvgIpc) is 3.29. The smallest absolute Gasteiger partial charge is 0.127 e. The van der Waals surface area contributed by atoms with Gasteiger partial charge in [0.25, 0.3) is 0 Å². The quantitative estimate of drug-likeness (QED) is 0.396. The van der Waals surface area contributed by atoms with E-state index in [4.69, 9.17) is 30.1 Å². The molecule has 2 aliphatic rings. The largest absolute Gasteiger partial charge is 0.350 e. The summed E-state index contributed by atoms with van der Waals surface area (Å²) in [5.74, 6) is 1.03. The number of benzene rings is 1. The third-order valence-electron chi connectivity index (χ3n) is 6.64. The molecule has 2 aliphatic heterocycles. The molecule has 296 valence electrons. The van der Waals surface area contributed by atoms with Crippen molar-refractivity contribution in [1.29, 1.82) is 0 Å². The van der Waals surface area contributed by atoms with Crippen LogP contribution in [0.5, 0.6) is 0 Å². The summed E-state index contributed by atoms with van der Waals surface area (Å²) >= 11 is 1.63. The zero-order chi connectivity index (χ0) is 37.1. The minimum atomic E-state index is -0.0691. The molecule has 28 heavy (non-hydrogen) atoms. The third kappa shape index (κ3) is 3.05. The van der Waals surface area contributed by atoms with Crippen LogP contribution in [0, 0.1) is 20.8 Å². The predicted octanol–water partition coefficient (Wildman–Crippen LogP) is 21.9. The number of fused-ring (bicyclic) bond motifs is 2. The Morgan fingerprint density at radius 1 is 1.36 bits per heavy atom. The van der Waals surface area contributed by atoms with Crippen LogP contribution >= 0.6 is 11.3 Å². The molecule has 1 aromatic carbocycles. The fourth-order valence-electron chi connectivity index (χ4n) is 4.40. The lowest BCUT2D eigenvalue weighted by Crippen LogP contribution is -2.64. The van der Waals surface area contributed by atoms with Crippen molar-refractivity contribution in [2.45, 2.75) is 60.0 Å². The van der Waals surface area contributed by atoms with Gasteiger partial charge in [0.2, 0.25) is 0 Å². The number of aryl methyl sites for hydroxylation is 3. The lowest BCUT2D eigenvalue weighted by atomic mass is 9.89. The Hall–Kier alpha value is -1.85. The number of hydrogen-bond acceptors (Lipinski definition) is 5. The van der Waals surface area contributed by atoms with Crippen LogP contribution in [0.25, 0.3) is 5.82 Å². The Morgan fingerprint density at radius 3 is 2.79 bits per heavy atom. The van der Waals surface area contributed by atoms with Gasteiger partial charge in [0.1, 0.15) is 10.5 Å². The van der Waals surface area contributed by atoms with E-state index in [0.29, 0.717) is 12.1 Å². The fraction of sp³-hybridized carbons (Fsp3) is 0.522. The van der Waals surface area contributed by atoms with Gasteiger partial charge >= 0.3 is 0 Å². The summed E-state index contributed by atoms with van der Waals surface area (Å²) < 4.78 is 89.7. The number of nitrogens with one attached hydrogen (secondary N) is 1. The summed E-state index contributed by atoms with van der Waals surface area (Å²) in [6, 6.07) is 5.36. The van der Waals surface area contributed by atoms with E-state index in [0.717, 1.165) is 51.6 Å². The Morgan fingerprint density at radius 2 is 2.07 bits per heavy atom. The van der Waals surface area contributed by atoms with E-state index in [-0.39, 0.29) is 98.3 Å². The van der Waals surface area contributed by atoms with E-state index in [9.17, 15) is 0 Å². The molecule has 0 bridgehead atoms. The monoisotopic (exact) mass is 560 g/mol. The number of anilines is 1. The normalized spacial score (nSPS) is 24.2. The molecule has 1 saturated heterocycles. The van der Waals surface area contributed by atoms with Crippen molar-refractivity contribution in [3.8, 4) is 0 Å². The van der Waals surface area contributed by atoms with Crippen LogP contribution < -0.4 is 15.2 Å². The highest BCUT2D eigenvalue weighted by atomic mass is 32.1. The maximum Gasteiger partial charge on any atom is 0.127 e. The molecule has 4 rings (SSSR count). The molecule has 5 heteroatoms. The van der Waals surface area contributed by atoms with Crippen LogP contribution in [0.4, 0.5) is 11.4 Å². The highest BCUT2D eigenvalue weighted by molar-refractivity contribution is 7.09. The highest BCUT2D eigenvalue weighted by Gasteiger charge is 2.41. The van der Waals surface area contributed by atoms with Gasteiger partial charge in [-0.3, -0.25) is 4.90 Å². The number of likely N-dealkylation sites (N-methyl/N-ethyl adjacent to an activating group) is 1. The first-order valence-corrected chi connectivity index (χ1v) is 11.1. The van der Waals surface area contributed by atoms with E-state index in [1.54, 1.807) is 11.3 Å². The Labute approximate surface area is 295 Å². The summed E-state index contributed by atoms with van der Waals surface area (Å²) in [6.45, 7) is 18.5. The molecule has 1 N–H and O–H groups in total. The van der Waals surface area contributed by atoms with Crippen LogP contribution in [0.2, 0.25) is 0 Å². The molecular weight excluding hydrogens is 364 g/mol. The summed E-state index contributed by atoms with van der Waals surface area (Å²) in [4.78, 5) is 11.0. The molecule has 0 radical (unpaired) electrons. The summed E-state index contributed by atoms with van der Waals surface area (Å²) in [7, 11) is 0. The molecule has 1 fully saturated rings. The average molecular weight is 561 g/mol. The van der Waals surface area contributed by atoms with Crippen molar-refractivity contribution < 1.29 is 118 Å². The van der Waals surface area contributed by atoms with Crippen molar-refractivity contribution in [3.05, 3.63) is 44.1 Å². The number of nitrogens with zero attached hydrogens (tertiary/aromatic N) is 3. The Kier molecular flexibility index (Phi) is 2.80. The van der Waals surface area contributed by atoms with Gasteiger partial charge in [-0.2, -0.15) is 0 Å². The van der Waals surface area contributed by atoms with Gasteiger partial charge in [-0.25, -0.2) is 4.99 Å². The van der Waals surface area contributed by atoms with Gasteiger partial charge in [-0.15, -0.1) is 11.3 Å². The molecule has 1 atom stereocenters. The van der Waals surface area contributed by atoms with E-state index < -0.39 is 0 Å². The zero-order valence-corrected chi connectivity index (χ0v) is 18.9. The Balaban J connectivity index is -0.00000000276. The van der Waals surface area contributed by atoms with Crippen LogP contribution in [0.15, 0.2) is 23.2 Å². The standard InChI is InChI=1S/C23H32N4S.73H2/c1-8-26-9-10-27(23(6,7)17(26)5)21-18-13-16(4)28-22(18)25-20-12-15(3)14(2)11-19(20)24-21;;;;;;;;;;;;;;;;;;;;;;;;;;;;;;;;;;;;;;;;;;;;;;;;;;;;;;;;;;;;;;;;;;;;;;;;;/h11-13,17,24H,8-10H2,1-7H3;73*1H/i13D;8*1+1D;;;;;;;;;;;;;;;;;;;;;;;;;;;;;;;;;;;;;;;;;;;;;;;;;;;;;;;;;;;;;;;;;. The van der Waals surface area contributed by atoms with Gasteiger partial charge < -0.3 is 10.2 Å². The summed E-state index contributed by atoms with van der Waals surface area (Å²) in [5, 5.41) is 4.68. The highest BCUT2D eigenvalue weighted by Crippen LogP contribution is 2.35. The molecule has 1 unspecified atom stereocenters. The van der Waals surface area contributed by atoms with E-state index in [2.05, 4.69) is 68.8 Å². The minimum absolute atomic E-state index is 0. The summed E-state index contributed by atoms with van der Waals surface area (Å²) in [5.41, 5.74) is 4.42. The minimum Gasteiger partial charge on any atom is -0.350 e. The Bertz CT molecular complexity index is 1170. The maximum absolute atomic E-state index is 8.80.